The monoisotopic (exact) mass is 597 g/mol. The van der Waals surface area contributed by atoms with Crippen LogP contribution in [0.15, 0.2) is 83.8 Å². The van der Waals surface area contributed by atoms with E-state index in [0.29, 0.717) is 27.7 Å². The molecule has 3 aromatic carbocycles. The predicted molar refractivity (Wildman–Crippen MR) is 168 cm³/mol. The van der Waals surface area contributed by atoms with Crippen molar-refractivity contribution in [2.45, 2.75) is 50.2 Å². The minimum Gasteiger partial charge on any atom is -0.322 e. The third-order valence-electron chi connectivity index (χ3n) is 7.63. The number of fused-ring (bicyclic) bond motifs is 1. The number of nitriles is 1. The summed E-state index contributed by atoms with van der Waals surface area (Å²) in [5.74, 6) is -0.445. The van der Waals surface area contributed by atoms with E-state index in [2.05, 4.69) is 37.5 Å². The lowest BCUT2D eigenvalue weighted by Crippen LogP contribution is -2.26. The van der Waals surface area contributed by atoms with Gasteiger partial charge in [-0.1, -0.05) is 57.2 Å². The van der Waals surface area contributed by atoms with E-state index in [0.717, 1.165) is 35.3 Å². The number of halogens is 1. The van der Waals surface area contributed by atoms with Gasteiger partial charge in [0.15, 0.2) is 0 Å². The zero-order valence-electron chi connectivity index (χ0n) is 23.7. The van der Waals surface area contributed by atoms with Crippen molar-refractivity contribution in [1.29, 1.82) is 5.26 Å². The number of thiophene rings is 1. The lowest BCUT2D eigenvalue weighted by atomic mass is 9.72. The second kappa shape index (κ2) is 12.5. The van der Waals surface area contributed by atoms with Crippen molar-refractivity contribution in [1.82, 2.24) is 0 Å². The number of hydrogen-bond acceptors (Lipinski definition) is 5. The van der Waals surface area contributed by atoms with Crippen molar-refractivity contribution in [3.63, 3.8) is 0 Å². The summed E-state index contributed by atoms with van der Waals surface area (Å²) in [6.45, 7) is 6.78. The van der Waals surface area contributed by atoms with Gasteiger partial charge in [0.1, 0.15) is 22.1 Å². The van der Waals surface area contributed by atoms with Crippen molar-refractivity contribution in [2.24, 2.45) is 11.3 Å². The van der Waals surface area contributed by atoms with Gasteiger partial charge in [-0.15, -0.1) is 23.1 Å². The Kier molecular flexibility index (Phi) is 8.81. The molecule has 1 aliphatic carbocycles. The first kappa shape index (κ1) is 29.6. The number of benzene rings is 3. The third kappa shape index (κ3) is 6.75. The second-order valence-corrected chi connectivity index (χ2v) is 13.8. The highest BCUT2D eigenvalue weighted by Gasteiger charge is 2.33. The van der Waals surface area contributed by atoms with Crippen molar-refractivity contribution >= 4 is 45.6 Å². The second-order valence-electron chi connectivity index (χ2n) is 11.5. The van der Waals surface area contributed by atoms with Crippen LogP contribution in [0.3, 0.4) is 0 Å². The largest absolute Gasteiger partial charge is 0.322 e. The molecule has 1 heterocycles. The van der Waals surface area contributed by atoms with Crippen LogP contribution >= 0.6 is 23.1 Å². The Hall–Kier alpha value is -3.93. The normalized spacial score (nSPS) is 15.3. The molecule has 4 aromatic rings. The van der Waals surface area contributed by atoms with Gasteiger partial charge in [0, 0.05) is 21.0 Å². The van der Waals surface area contributed by atoms with E-state index in [4.69, 9.17) is 0 Å². The summed E-state index contributed by atoms with van der Waals surface area (Å²) in [6, 6.07) is 24.5. The van der Waals surface area contributed by atoms with Crippen LogP contribution in [0.2, 0.25) is 0 Å². The standard InChI is InChI=1S/C34H32FN3O2S2/c1-34(2,3)23-14-17-27-28(20-36)33(42-29(27)18-23)38-32(40)30(21-8-5-4-6-9-21)41-26-11-7-10-25(19-26)37-31(39)22-12-15-24(35)16-13-22/h4-13,15-16,19,23,30H,14,17-18H2,1-3H3,(H,37,39)(H,38,40). The SMILES string of the molecule is CC(C)(C)C1CCc2c(sc(NC(=O)C(Sc3cccc(NC(=O)c4ccc(F)cc4)c3)c3ccccc3)c2C#N)C1. The van der Waals surface area contributed by atoms with Crippen molar-refractivity contribution < 1.29 is 14.0 Å². The molecule has 214 valence electrons. The van der Waals surface area contributed by atoms with E-state index in [-0.39, 0.29) is 17.2 Å². The molecule has 5 rings (SSSR count). The molecule has 0 aliphatic heterocycles. The zero-order chi connectivity index (χ0) is 29.9. The number of thioether (sulfide) groups is 1. The number of carbonyl (C=O) groups excluding carboxylic acids is 2. The molecule has 0 spiro atoms. The Morgan fingerprint density at radius 3 is 2.45 bits per heavy atom. The molecule has 2 atom stereocenters. The molecule has 2 unspecified atom stereocenters. The lowest BCUT2D eigenvalue weighted by Gasteiger charge is -2.33. The van der Waals surface area contributed by atoms with Crippen molar-refractivity contribution in [2.75, 3.05) is 10.6 Å². The maximum atomic E-state index is 13.9. The van der Waals surface area contributed by atoms with Gasteiger partial charge in [-0.2, -0.15) is 5.26 Å². The van der Waals surface area contributed by atoms with E-state index >= 15 is 0 Å². The number of nitrogens with one attached hydrogen (secondary N) is 2. The first-order valence-corrected chi connectivity index (χ1v) is 15.6. The molecule has 2 N–H and O–H groups in total. The minimum absolute atomic E-state index is 0.181. The Morgan fingerprint density at radius 1 is 1.02 bits per heavy atom. The third-order valence-corrected chi connectivity index (χ3v) is 10.0. The number of hydrogen-bond donors (Lipinski definition) is 2. The van der Waals surface area contributed by atoms with E-state index in [1.54, 1.807) is 6.07 Å². The van der Waals surface area contributed by atoms with Crippen LogP contribution in [-0.2, 0) is 17.6 Å². The van der Waals surface area contributed by atoms with Gasteiger partial charge >= 0.3 is 0 Å². The molecule has 2 amide bonds. The van der Waals surface area contributed by atoms with Crippen LogP contribution in [0.5, 0.6) is 0 Å². The van der Waals surface area contributed by atoms with Gasteiger partial charge in [0.2, 0.25) is 5.91 Å². The maximum Gasteiger partial charge on any atom is 0.255 e. The Labute approximate surface area is 254 Å². The van der Waals surface area contributed by atoms with Crippen molar-refractivity contribution in [3.05, 3.63) is 112 Å². The van der Waals surface area contributed by atoms with E-state index in [9.17, 15) is 19.2 Å². The Balaban J connectivity index is 1.37. The molecule has 0 saturated carbocycles. The molecule has 1 aromatic heterocycles. The molecule has 1 aliphatic rings. The molecular weight excluding hydrogens is 566 g/mol. The number of anilines is 2. The highest BCUT2D eigenvalue weighted by Crippen LogP contribution is 2.45. The summed E-state index contributed by atoms with van der Waals surface area (Å²) in [5, 5.41) is 16.0. The summed E-state index contributed by atoms with van der Waals surface area (Å²) in [4.78, 5) is 28.5. The Bertz CT molecular complexity index is 1640. The summed E-state index contributed by atoms with van der Waals surface area (Å²) >= 11 is 2.90. The van der Waals surface area contributed by atoms with Crippen LogP contribution in [-0.4, -0.2) is 11.8 Å². The summed E-state index contributed by atoms with van der Waals surface area (Å²) in [6.07, 6.45) is 2.80. The van der Waals surface area contributed by atoms with Crippen LogP contribution in [0, 0.1) is 28.5 Å². The van der Waals surface area contributed by atoms with Gasteiger partial charge in [-0.05, 0) is 84.2 Å². The van der Waals surface area contributed by atoms with Gasteiger partial charge in [0.25, 0.3) is 5.91 Å². The topological polar surface area (TPSA) is 82.0 Å². The molecule has 0 saturated heterocycles. The van der Waals surface area contributed by atoms with Gasteiger partial charge in [-0.25, -0.2) is 4.39 Å². The summed E-state index contributed by atoms with van der Waals surface area (Å²) < 4.78 is 13.3. The van der Waals surface area contributed by atoms with Crippen LogP contribution in [0.4, 0.5) is 15.1 Å². The molecule has 5 nitrogen and oxygen atoms in total. The van der Waals surface area contributed by atoms with E-state index in [1.165, 1.54) is 52.2 Å². The highest BCUT2D eigenvalue weighted by molar-refractivity contribution is 8.00. The fraction of sp³-hybridized carbons (Fsp3) is 0.265. The molecule has 0 radical (unpaired) electrons. The number of carbonyl (C=O) groups is 2. The number of amides is 2. The molecule has 0 fully saturated rings. The number of nitrogens with zero attached hydrogens (tertiary/aromatic N) is 1. The quantitative estimate of drug-likeness (QED) is 0.209. The molecule has 0 bridgehead atoms. The van der Waals surface area contributed by atoms with Gasteiger partial charge < -0.3 is 10.6 Å². The summed E-state index contributed by atoms with van der Waals surface area (Å²) in [7, 11) is 0. The smallest absolute Gasteiger partial charge is 0.255 e. The van der Waals surface area contributed by atoms with Crippen LogP contribution in [0.25, 0.3) is 0 Å². The average Bonchev–Trinajstić information content (AvgIpc) is 3.32. The van der Waals surface area contributed by atoms with E-state index < -0.39 is 11.1 Å². The van der Waals surface area contributed by atoms with Gasteiger partial charge in [-0.3, -0.25) is 9.59 Å². The predicted octanol–water partition coefficient (Wildman–Crippen LogP) is 8.63. The van der Waals surface area contributed by atoms with Crippen LogP contribution in [0.1, 0.15) is 64.4 Å². The molecule has 8 heteroatoms. The Morgan fingerprint density at radius 2 is 1.76 bits per heavy atom. The van der Waals surface area contributed by atoms with Crippen LogP contribution < -0.4 is 10.6 Å². The minimum atomic E-state index is -0.595. The molecule has 42 heavy (non-hydrogen) atoms. The maximum absolute atomic E-state index is 13.9. The highest BCUT2D eigenvalue weighted by atomic mass is 32.2. The summed E-state index contributed by atoms with van der Waals surface area (Å²) in [5.41, 5.74) is 3.57. The molecular formula is C34H32FN3O2S2. The lowest BCUT2D eigenvalue weighted by molar-refractivity contribution is -0.115. The fourth-order valence-electron chi connectivity index (χ4n) is 5.20. The van der Waals surface area contributed by atoms with Crippen molar-refractivity contribution in [3.8, 4) is 6.07 Å². The first-order valence-electron chi connectivity index (χ1n) is 13.9. The van der Waals surface area contributed by atoms with E-state index in [1.807, 2.05) is 48.5 Å². The zero-order valence-corrected chi connectivity index (χ0v) is 25.4. The fourth-order valence-corrected chi connectivity index (χ4v) is 7.56. The number of rotatable bonds is 7. The van der Waals surface area contributed by atoms with Gasteiger partial charge in [0.05, 0.1) is 5.56 Å². The first-order chi connectivity index (χ1) is 20.1. The average molecular weight is 598 g/mol.